The highest BCUT2D eigenvalue weighted by Gasteiger charge is 2.53. The molecule has 1 saturated heterocycles. The summed E-state index contributed by atoms with van der Waals surface area (Å²) in [6.45, 7) is 18.6. The van der Waals surface area contributed by atoms with Crippen molar-refractivity contribution in [3.8, 4) is 0 Å². The molecule has 1 aromatic rings. The van der Waals surface area contributed by atoms with E-state index >= 15 is 0 Å². The fraction of sp³-hybridized carbons (Fsp3) is 0.680. The molecule has 4 unspecified atom stereocenters. The lowest BCUT2D eigenvalue weighted by molar-refractivity contribution is -0.310. The van der Waals surface area contributed by atoms with Gasteiger partial charge in [0.15, 0.2) is 0 Å². The van der Waals surface area contributed by atoms with Crippen molar-refractivity contribution in [2.45, 2.75) is 98.8 Å². The first-order valence-corrected chi connectivity index (χ1v) is 11.2. The molecule has 5 heteroatoms. The second kappa shape index (κ2) is 9.19. The minimum absolute atomic E-state index is 0.0626. The molecule has 0 bridgehead atoms. The average Bonchev–Trinajstić information content (AvgIpc) is 2.72. The molecule has 0 spiro atoms. The number of rotatable bonds is 6. The molecule has 1 aliphatic heterocycles. The van der Waals surface area contributed by atoms with E-state index in [0.29, 0.717) is 6.42 Å². The Morgan fingerprint density at radius 1 is 1.20 bits per heavy atom. The zero-order chi connectivity index (χ0) is 22.7. The monoisotopic (exact) mass is 416 g/mol. The molecule has 5 nitrogen and oxygen atoms in total. The molecule has 0 N–H and O–H groups in total. The van der Waals surface area contributed by atoms with Crippen molar-refractivity contribution in [1.82, 2.24) is 5.06 Å². The van der Waals surface area contributed by atoms with E-state index in [1.54, 1.807) is 0 Å². The second-order valence-electron chi connectivity index (χ2n) is 10.1. The Kier molecular flexibility index (Phi) is 7.52. The Hall–Kier alpha value is -1.72. The number of hydroxylamine groups is 2. The number of oxime groups is 1. The van der Waals surface area contributed by atoms with Crippen LogP contribution in [-0.2, 0) is 14.5 Å². The van der Waals surface area contributed by atoms with E-state index in [1.807, 2.05) is 39.0 Å². The summed E-state index contributed by atoms with van der Waals surface area (Å²) in [5, 5.41) is 6.59. The van der Waals surface area contributed by atoms with E-state index in [0.717, 1.165) is 24.1 Å². The molecule has 0 aliphatic carbocycles. The highest BCUT2D eigenvalue weighted by Crippen LogP contribution is 2.46. The molecule has 30 heavy (non-hydrogen) atoms. The molecule has 0 radical (unpaired) electrons. The number of piperidine rings is 1. The Balaban J connectivity index is 2.37. The Bertz CT molecular complexity index is 755. The molecule has 4 atom stereocenters. The molecule has 0 aromatic heterocycles. The maximum absolute atomic E-state index is 12.3. The lowest BCUT2D eigenvalue weighted by Gasteiger charge is -2.57. The summed E-state index contributed by atoms with van der Waals surface area (Å²) in [5.41, 5.74) is 0.963. The topological polar surface area (TPSA) is 51.1 Å². The van der Waals surface area contributed by atoms with Gasteiger partial charge in [-0.25, -0.2) is 4.79 Å². The minimum atomic E-state index is -0.579. The molecule has 1 heterocycles. The number of carbonyl (C=O) groups excluding carboxylic acids is 1. The van der Waals surface area contributed by atoms with Gasteiger partial charge in [0.05, 0.1) is 16.7 Å². The van der Waals surface area contributed by atoms with Gasteiger partial charge in [0.1, 0.15) is 6.10 Å². The van der Waals surface area contributed by atoms with Crippen LogP contribution in [0.15, 0.2) is 35.5 Å². The number of hydrogen-bond donors (Lipinski definition) is 0. The van der Waals surface area contributed by atoms with Gasteiger partial charge in [0, 0.05) is 17.9 Å². The highest BCUT2D eigenvalue weighted by molar-refractivity contribution is 5.90. The number of benzene rings is 1. The van der Waals surface area contributed by atoms with Crippen LogP contribution in [0.4, 0.5) is 0 Å². The summed E-state index contributed by atoms with van der Waals surface area (Å²) < 4.78 is 0. The number of nitrogens with zero attached hydrogens (tertiary/aromatic N) is 2. The standard InChI is InChI=1S/C25H40N2O3/c1-10-24(8)17-21(26-29-22(28)23(5,6)7)18(3)25(9,11-2)27(24)30-19(4)20-15-13-12-14-16-20/h12-16,18-19H,10-11,17H2,1-9H3. The predicted octanol–water partition coefficient (Wildman–Crippen LogP) is 6.30. The third kappa shape index (κ3) is 4.94. The first-order chi connectivity index (χ1) is 13.9. The normalized spacial score (nSPS) is 30.3. The summed E-state index contributed by atoms with van der Waals surface area (Å²) in [7, 11) is 0. The third-order valence-electron chi connectivity index (χ3n) is 6.82. The van der Waals surface area contributed by atoms with Gasteiger partial charge < -0.3 is 4.84 Å². The third-order valence-corrected chi connectivity index (χ3v) is 6.82. The van der Waals surface area contributed by atoms with Crippen molar-refractivity contribution in [3.05, 3.63) is 35.9 Å². The first-order valence-electron chi connectivity index (χ1n) is 11.2. The van der Waals surface area contributed by atoms with Crippen LogP contribution in [0, 0.1) is 11.3 Å². The summed E-state index contributed by atoms with van der Waals surface area (Å²) in [5.74, 6) is -0.229. The molecule has 0 saturated carbocycles. The number of carbonyl (C=O) groups is 1. The van der Waals surface area contributed by atoms with E-state index in [4.69, 9.17) is 9.68 Å². The van der Waals surface area contributed by atoms with Crippen LogP contribution in [0.1, 0.15) is 93.2 Å². The maximum Gasteiger partial charge on any atom is 0.340 e. The molecule has 1 fully saturated rings. The summed E-state index contributed by atoms with van der Waals surface area (Å²) in [6.07, 6.45) is 2.41. The van der Waals surface area contributed by atoms with Crippen LogP contribution in [0.5, 0.6) is 0 Å². The highest BCUT2D eigenvalue weighted by atomic mass is 16.7. The molecule has 1 aliphatic rings. The molecular formula is C25H40N2O3. The maximum atomic E-state index is 12.3. The van der Waals surface area contributed by atoms with Crippen molar-refractivity contribution in [2.75, 3.05) is 0 Å². The van der Waals surface area contributed by atoms with Crippen LogP contribution in [0.25, 0.3) is 0 Å². The van der Waals surface area contributed by atoms with Gasteiger partial charge in [0.25, 0.3) is 0 Å². The summed E-state index contributed by atoms with van der Waals surface area (Å²) >= 11 is 0. The van der Waals surface area contributed by atoms with Gasteiger partial charge in [-0.1, -0.05) is 56.3 Å². The smallest absolute Gasteiger partial charge is 0.318 e. The van der Waals surface area contributed by atoms with E-state index in [9.17, 15) is 4.79 Å². The van der Waals surface area contributed by atoms with Gasteiger partial charge in [-0.15, -0.1) is 0 Å². The fourth-order valence-electron chi connectivity index (χ4n) is 4.02. The second-order valence-corrected chi connectivity index (χ2v) is 10.1. The van der Waals surface area contributed by atoms with Crippen LogP contribution in [0.3, 0.4) is 0 Å². The van der Waals surface area contributed by atoms with Crippen LogP contribution < -0.4 is 0 Å². The van der Waals surface area contributed by atoms with Crippen molar-refractivity contribution >= 4 is 11.7 Å². The Morgan fingerprint density at radius 2 is 1.80 bits per heavy atom. The predicted molar refractivity (Wildman–Crippen MR) is 122 cm³/mol. The van der Waals surface area contributed by atoms with Crippen molar-refractivity contribution in [1.29, 1.82) is 0 Å². The van der Waals surface area contributed by atoms with Crippen molar-refractivity contribution < 1.29 is 14.5 Å². The summed E-state index contributed by atoms with van der Waals surface area (Å²) in [4.78, 5) is 24.3. The van der Waals surface area contributed by atoms with Crippen LogP contribution in [0.2, 0.25) is 0 Å². The largest absolute Gasteiger partial charge is 0.340 e. The van der Waals surface area contributed by atoms with E-state index < -0.39 is 5.41 Å². The van der Waals surface area contributed by atoms with Crippen LogP contribution in [-0.4, -0.2) is 27.8 Å². The van der Waals surface area contributed by atoms with E-state index in [-0.39, 0.29) is 29.1 Å². The number of hydrogen-bond acceptors (Lipinski definition) is 5. The molecule has 2 rings (SSSR count). The Morgan fingerprint density at radius 3 is 2.30 bits per heavy atom. The van der Waals surface area contributed by atoms with Crippen molar-refractivity contribution in [3.63, 3.8) is 0 Å². The van der Waals surface area contributed by atoms with E-state index in [1.165, 1.54) is 0 Å². The fourth-order valence-corrected chi connectivity index (χ4v) is 4.02. The zero-order valence-electron chi connectivity index (χ0n) is 20.3. The van der Waals surface area contributed by atoms with Crippen LogP contribution >= 0.6 is 0 Å². The molecule has 168 valence electrons. The lowest BCUT2D eigenvalue weighted by Crippen LogP contribution is -2.66. The Labute approximate surface area is 182 Å². The van der Waals surface area contributed by atoms with Crippen molar-refractivity contribution in [2.24, 2.45) is 16.5 Å². The molecule has 1 aromatic carbocycles. The minimum Gasteiger partial charge on any atom is -0.318 e. The van der Waals surface area contributed by atoms with Gasteiger partial charge in [-0.2, -0.15) is 5.06 Å². The van der Waals surface area contributed by atoms with Gasteiger partial charge in [-0.3, -0.25) is 4.84 Å². The lowest BCUT2D eigenvalue weighted by atomic mass is 9.70. The summed E-state index contributed by atoms with van der Waals surface area (Å²) in [6, 6.07) is 10.3. The molecule has 0 amide bonds. The van der Waals surface area contributed by atoms with Gasteiger partial charge in [0.2, 0.25) is 0 Å². The molecular weight excluding hydrogens is 376 g/mol. The average molecular weight is 417 g/mol. The van der Waals surface area contributed by atoms with E-state index in [2.05, 4.69) is 63.9 Å². The zero-order valence-corrected chi connectivity index (χ0v) is 20.3. The first kappa shape index (κ1) is 24.5. The SMILES string of the molecule is CCC1(C)CC(=NOC(=O)C(C)(C)C)C(C)C(C)(CC)N1OC(C)c1ccccc1. The quantitative estimate of drug-likeness (QED) is 0.403. The van der Waals surface area contributed by atoms with Gasteiger partial charge in [-0.05, 0) is 59.9 Å². The van der Waals surface area contributed by atoms with Gasteiger partial charge >= 0.3 is 5.97 Å².